The molecule has 0 fully saturated rings. The van der Waals surface area contributed by atoms with Crippen LogP contribution in [0, 0.1) is 5.92 Å². The zero-order valence-electron chi connectivity index (χ0n) is 18.8. The third-order valence-corrected chi connectivity index (χ3v) is 5.75. The van der Waals surface area contributed by atoms with Crippen LogP contribution in [0.4, 0.5) is 5.69 Å². The van der Waals surface area contributed by atoms with Gasteiger partial charge in [0.25, 0.3) is 0 Å². The average molecular weight is 438 g/mol. The van der Waals surface area contributed by atoms with Gasteiger partial charge in [0.1, 0.15) is 6.04 Å². The maximum atomic E-state index is 13.3. The molecule has 0 aliphatic carbocycles. The van der Waals surface area contributed by atoms with E-state index in [1.807, 2.05) is 54.6 Å². The van der Waals surface area contributed by atoms with Gasteiger partial charge in [0.2, 0.25) is 5.91 Å². The summed E-state index contributed by atoms with van der Waals surface area (Å²) in [5.74, 6) is -1.23. The van der Waals surface area contributed by atoms with Crippen LogP contribution in [0.1, 0.15) is 44.2 Å². The quantitative estimate of drug-likeness (QED) is 0.523. The maximum Gasteiger partial charge on any atom is 0.329 e. The summed E-state index contributed by atoms with van der Waals surface area (Å²) in [6.07, 6.45) is 2.31. The van der Waals surface area contributed by atoms with Crippen molar-refractivity contribution in [3.63, 3.8) is 0 Å². The van der Waals surface area contributed by atoms with Gasteiger partial charge in [0.15, 0.2) is 0 Å². The first-order valence-corrected chi connectivity index (χ1v) is 11.3. The first-order valence-electron chi connectivity index (χ1n) is 11.3. The third-order valence-electron chi connectivity index (χ3n) is 5.75. The fourth-order valence-corrected chi connectivity index (χ4v) is 4.17. The van der Waals surface area contributed by atoms with Crippen LogP contribution >= 0.6 is 0 Å². The molecular weight excluding hydrogens is 406 g/mol. The van der Waals surface area contributed by atoms with Crippen molar-refractivity contribution in [3.8, 4) is 0 Å². The first kappa shape index (κ1) is 23.5. The van der Waals surface area contributed by atoms with Crippen molar-refractivity contribution in [2.75, 3.05) is 18.1 Å². The Kier molecular flexibility index (Phi) is 8.42. The lowest BCUT2D eigenvalue weighted by atomic mass is 9.94. The van der Waals surface area contributed by atoms with Crippen LogP contribution in [0.3, 0.4) is 0 Å². The molecule has 0 radical (unpaired) electrons. The largest absolute Gasteiger partial charge is 0.466 e. The lowest BCUT2D eigenvalue weighted by molar-refractivity contribution is -0.149. The molecule has 6 heteroatoms. The number of aryl methyl sites for hydroxylation is 1. The first-order chi connectivity index (χ1) is 15.5. The second-order valence-electron chi connectivity index (χ2n) is 7.88. The van der Waals surface area contributed by atoms with Crippen LogP contribution in [0.2, 0.25) is 0 Å². The predicted molar refractivity (Wildman–Crippen MR) is 122 cm³/mol. The van der Waals surface area contributed by atoms with Gasteiger partial charge in [-0.2, -0.15) is 0 Å². The van der Waals surface area contributed by atoms with E-state index in [2.05, 4.69) is 0 Å². The van der Waals surface area contributed by atoms with Crippen LogP contribution in [0.15, 0.2) is 54.6 Å². The molecule has 2 aromatic carbocycles. The topological polar surface area (TPSA) is 72.9 Å². The SMILES string of the molecule is CCOC(=O)[C@@H](CCC(=O)N1c2ccccc2C[C@H]1C(=O)OCC)CCc1ccccc1. The molecule has 3 rings (SSSR count). The van der Waals surface area contributed by atoms with Crippen molar-refractivity contribution in [2.45, 2.75) is 52.0 Å². The number of benzene rings is 2. The lowest BCUT2D eigenvalue weighted by Crippen LogP contribution is -2.44. The van der Waals surface area contributed by atoms with E-state index in [0.717, 1.165) is 23.2 Å². The molecular formula is C26H31NO5. The minimum absolute atomic E-state index is 0.155. The molecule has 32 heavy (non-hydrogen) atoms. The van der Waals surface area contributed by atoms with Gasteiger partial charge in [0.05, 0.1) is 19.1 Å². The van der Waals surface area contributed by atoms with Gasteiger partial charge in [0, 0.05) is 18.5 Å². The molecule has 0 unspecified atom stereocenters. The van der Waals surface area contributed by atoms with Crippen molar-refractivity contribution in [2.24, 2.45) is 5.92 Å². The zero-order chi connectivity index (χ0) is 22.9. The predicted octanol–water partition coefficient (Wildman–Crippen LogP) is 4.10. The van der Waals surface area contributed by atoms with Gasteiger partial charge >= 0.3 is 11.9 Å². The molecule has 6 nitrogen and oxygen atoms in total. The number of rotatable bonds is 10. The maximum absolute atomic E-state index is 13.3. The molecule has 0 aromatic heterocycles. The Morgan fingerprint density at radius 1 is 0.938 bits per heavy atom. The Balaban J connectivity index is 1.70. The summed E-state index contributed by atoms with van der Waals surface area (Å²) in [5.41, 5.74) is 2.83. The summed E-state index contributed by atoms with van der Waals surface area (Å²) in [6.45, 7) is 4.10. The molecule has 0 bridgehead atoms. The highest BCUT2D eigenvalue weighted by Gasteiger charge is 2.39. The smallest absolute Gasteiger partial charge is 0.329 e. The normalized spacial score (nSPS) is 15.7. The minimum atomic E-state index is -0.662. The molecule has 1 aliphatic rings. The van der Waals surface area contributed by atoms with Crippen LogP contribution in [-0.4, -0.2) is 37.1 Å². The number of hydrogen-bond acceptors (Lipinski definition) is 5. The van der Waals surface area contributed by atoms with E-state index in [0.29, 0.717) is 25.9 Å². The summed E-state index contributed by atoms with van der Waals surface area (Å²) in [6, 6.07) is 16.8. The molecule has 1 amide bonds. The molecule has 1 aliphatic heterocycles. The highest BCUT2D eigenvalue weighted by atomic mass is 16.5. The third kappa shape index (κ3) is 5.75. The molecule has 1 heterocycles. The summed E-state index contributed by atoms with van der Waals surface area (Å²) in [7, 11) is 0. The number of fused-ring (bicyclic) bond motifs is 1. The molecule has 170 valence electrons. The fraction of sp³-hybridized carbons (Fsp3) is 0.423. The van der Waals surface area contributed by atoms with Gasteiger partial charge in [-0.25, -0.2) is 4.79 Å². The monoisotopic (exact) mass is 437 g/mol. The number of carbonyl (C=O) groups excluding carboxylic acids is 3. The number of ether oxygens (including phenoxy) is 2. The van der Waals surface area contributed by atoms with Crippen LogP contribution < -0.4 is 4.90 Å². The second-order valence-corrected chi connectivity index (χ2v) is 7.88. The average Bonchev–Trinajstić information content (AvgIpc) is 3.20. The van der Waals surface area contributed by atoms with Gasteiger partial charge in [-0.1, -0.05) is 48.5 Å². The summed E-state index contributed by atoms with van der Waals surface area (Å²) < 4.78 is 10.5. The number of hydrogen-bond donors (Lipinski definition) is 0. The standard InChI is InChI=1S/C26H31NO5/c1-3-31-25(29)20(15-14-19-10-6-5-7-11-19)16-17-24(28)27-22-13-9-8-12-21(22)18-23(27)26(30)32-4-2/h5-13,20,23H,3-4,14-18H2,1-2H3/t20-,23+/m1/s1. The van der Waals surface area contributed by atoms with E-state index in [1.54, 1.807) is 18.7 Å². The Morgan fingerprint density at radius 2 is 1.62 bits per heavy atom. The Morgan fingerprint density at radius 3 is 2.34 bits per heavy atom. The van der Waals surface area contributed by atoms with Gasteiger partial charge in [-0.3, -0.25) is 14.5 Å². The number of para-hydroxylation sites is 1. The Hall–Kier alpha value is -3.15. The number of esters is 2. The van der Waals surface area contributed by atoms with Crippen molar-refractivity contribution in [3.05, 3.63) is 65.7 Å². The Bertz CT molecular complexity index is 927. The number of amides is 1. The molecule has 0 saturated carbocycles. The molecule has 0 saturated heterocycles. The van der Waals surface area contributed by atoms with Crippen molar-refractivity contribution < 1.29 is 23.9 Å². The van der Waals surface area contributed by atoms with E-state index in [4.69, 9.17) is 9.47 Å². The van der Waals surface area contributed by atoms with Crippen LogP contribution in [-0.2, 0) is 36.7 Å². The highest BCUT2D eigenvalue weighted by Crippen LogP contribution is 2.33. The van der Waals surface area contributed by atoms with Crippen LogP contribution in [0.5, 0.6) is 0 Å². The summed E-state index contributed by atoms with van der Waals surface area (Å²) in [5, 5.41) is 0. The second kappa shape index (κ2) is 11.5. The highest BCUT2D eigenvalue weighted by molar-refractivity contribution is 6.02. The molecule has 2 atom stereocenters. The molecule has 0 spiro atoms. The lowest BCUT2D eigenvalue weighted by Gasteiger charge is -2.25. The molecule has 2 aromatic rings. The van der Waals surface area contributed by atoms with Gasteiger partial charge in [-0.05, 0) is 50.3 Å². The number of nitrogens with zero attached hydrogens (tertiary/aromatic N) is 1. The fourth-order valence-electron chi connectivity index (χ4n) is 4.17. The zero-order valence-corrected chi connectivity index (χ0v) is 18.8. The van der Waals surface area contributed by atoms with Crippen molar-refractivity contribution in [1.82, 2.24) is 0 Å². The van der Waals surface area contributed by atoms with Gasteiger partial charge in [-0.15, -0.1) is 0 Å². The van der Waals surface area contributed by atoms with E-state index >= 15 is 0 Å². The van der Waals surface area contributed by atoms with E-state index < -0.39 is 12.0 Å². The van der Waals surface area contributed by atoms with Crippen molar-refractivity contribution >= 4 is 23.5 Å². The van der Waals surface area contributed by atoms with Crippen LogP contribution in [0.25, 0.3) is 0 Å². The number of anilines is 1. The number of carbonyl (C=O) groups is 3. The summed E-state index contributed by atoms with van der Waals surface area (Å²) >= 11 is 0. The van der Waals surface area contributed by atoms with E-state index in [9.17, 15) is 14.4 Å². The molecule has 0 N–H and O–H groups in total. The van der Waals surface area contributed by atoms with E-state index in [1.165, 1.54) is 0 Å². The van der Waals surface area contributed by atoms with Crippen molar-refractivity contribution in [1.29, 1.82) is 0 Å². The Labute approximate surface area is 189 Å². The minimum Gasteiger partial charge on any atom is -0.466 e. The van der Waals surface area contributed by atoms with E-state index in [-0.39, 0.29) is 30.8 Å². The van der Waals surface area contributed by atoms with Gasteiger partial charge < -0.3 is 9.47 Å². The summed E-state index contributed by atoms with van der Waals surface area (Å²) in [4.78, 5) is 39.9.